The summed E-state index contributed by atoms with van der Waals surface area (Å²) in [6.45, 7) is 7.45. The number of esters is 1. The van der Waals surface area contributed by atoms with Gasteiger partial charge in [-0.3, -0.25) is 4.79 Å². The van der Waals surface area contributed by atoms with Crippen molar-refractivity contribution in [2.45, 2.75) is 33.1 Å². The number of rotatable bonds is 7. The molecule has 0 radical (unpaired) electrons. The van der Waals surface area contributed by atoms with Crippen LogP contribution in [-0.4, -0.2) is 42.2 Å². The van der Waals surface area contributed by atoms with E-state index < -0.39 is 11.4 Å². The van der Waals surface area contributed by atoms with E-state index in [-0.39, 0.29) is 24.5 Å². The molecule has 0 aliphatic rings. The van der Waals surface area contributed by atoms with Crippen LogP contribution in [0.4, 0.5) is 0 Å². The highest BCUT2D eigenvalue weighted by Crippen LogP contribution is 2.34. The summed E-state index contributed by atoms with van der Waals surface area (Å²) in [6, 6.07) is 8.48. The summed E-state index contributed by atoms with van der Waals surface area (Å²) in [5, 5.41) is 5.24. The zero-order valence-electron chi connectivity index (χ0n) is 19.5. The first-order chi connectivity index (χ1) is 16.0. The Morgan fingerprint density at radius 3 is 2.65 bits per heavy atom. The lowest BCUT2D eigenvalue weighted by Crippen LogP contribution is -2.29. The van der Waals surface area contributed by atoms with Crippen molar-refractivity contribution in [3.8, 4) is 11.5 Å². The van der Waals surface area contributed by atoms with Crippen LogP contribution >= 0.6 is 27.5 Å². The first-order valence-corrected chi connectivity index (χ1v) is 11.6. The maximum atomic E-state index is 13.4. The van der Waals surface area contributed by atoms with Gasteiger partial charge < -0.3 is 14.2 Å². The molecule has 180 valence electrons. The molecule has 0 N–H and O–H groups in total. The Balaban J connectivity index is 2.16. The Kier molecular flexibility index (Phi) is 7.99. The summed E-state index contributed by atoms with van der Waals surface area (Å²) in [5.41, 5.74) is 0.185. The van der Waals surface area contributed by atoms with Crippen molar-refractivity contribution in [1.82, 2.24) is 9.66 Å². The lowest BCUT2D eigenvalue weighted by Gasteiger charge is -2.21. The van der Waals surface area contributed by atoms with Crippen molar-refractivity contribution >= 4 is 50.6 Å². The molecular weight excluding hydrogens is 526 g/mol. The monoisotopic (exact) mass is 549 g/mol. The largest absolute Gasteiger partial charge is 0.493 e. The van der Waals surface area contributed by atoms with Crippen LogP contribution < -0.4 is 15.0 Å². The topological polar surface area (TPSA) is 92.0 Å². The molecular formula is C24H25BrClN3O5. The molecule has 10 heteroatoms. The van der Waals surface area contributed by atoms with E-state index in [1.54, 1.807) is 31.2 Å². The lowest BCUT2D eigenvalue weighted by molar-refractivity contribution is -0.145. The van der Waals surface area contributed by atoms with Gasteiger partial charge in [-0.1, -0.05) is 48.3 Å². The Labute approximate surface area is 210 Å². The number of fused-ring (bicyclic) bond motifs is 1. The molecule has 0 unspecified atom stereocenters. The van der Waals surface area contributed by atoms with E-state index in [0.29, 0.717) is 33.1 Å². The van der Waals surface area contributed by atoms with Crippen LogP contribution in [0.15, 0.2) is 44.7 Å². The average molecular weight is 551 g/mol. The highest BCUT2D eigenvalue weighted by atomic mass is 79.9. The summed E-state index contributed by atoms with van der Waals surface area (Å²) in [6.07, 6.45) is 1.43. The van der Waals surface area contributed by atoms with Crippen LogP contribution in [0.1, 0.15) is 39.1 Å². The number of hydrogen-bond acceptors (Lipinski definition) is 7. The molecule has 34 heavy (non-hydrogen) atoms. The van der Waals surface area contributed by atoms with Crippen molar-refractivity contribution in [3.63, 3.8) is 0 Å². The molecule has 8 nitrogen and oxygen atoms in total. The van der Waals surface area contributed by atoms with Crippen LogP contribution in [0.3, 0.4) is 0 Å². The third-order valence-electron chi connectivity index (χ3n) is 4.70. The van der Waals surface area contributed by atoms with E-state index in [0.717, 1.165) is 4.47 Å². The van der Waals surface area contributed by atoms with Crippen molar-refractivity contribution in [2.75, 3.05) is 20.3 Å². The second-order valence-electron chi connectivity index (χ2n) is 8.33. The van der Waals surface area contributed by atoms with E-state index in [4.69, 9.17) is 30.8 Å². The second kappa shape index (κ2) is 10.6. The minimum Gasteiger partial charge on any atom is -0.493 e. The van der Waals surface area contributed by atoms with Crippen molar-refractivity contribution in [1.29, 1.82) is 0 Å². The summed E-state index contributed by atoms with van der Waals surface area (Å²) < 4.78 is 18.0. The fourth-order valence-corrected chi connectivity index (χ4v) is 3.76. The predicted molar refractivity (Wildman–Crippen MR) is 136 cm³/mol. The molecule has 1 aromatic heterocycles. The van der Waals surface area contributed by atoms with Crippen molar-refractivity contribution < 1.29 is 19.0 Å². The Bertz CT molecular complexity index is 1310. The zero-order chi connectivity index (χ0) is 25.0. The van der Waals surface area contributed by atoms with E-state index >= 15 is 0 Å². The first kappa shape index (κ1) is 25.7. The molecule has 0 bridgehead atoms. The molecule has 3 aromatic rings. The maximum absolute atomic E-state index is 13.4. The number of methoxy groups -OCH3 is 1. The molecule has 0 atom stereocenters. The molecule has 0 saturated heterocycles. The third kappa shape index (κ3) is 5.77. The maximum Gasteiger partial charge on any atom is 0.344 e. The molecule has 2 aromatic carbocycles. The van der Waals surface area contributed by atoms with Crippen molar-refractivity contribution in [3.05, 3.63) is 61.6 Å². The molecule has 0 spiro atoms. The number of benzene rings is 2. The molecule has 0 amide bonds. The summed E-state index contributed by atoms with van der Waals surface area (Å²) in [4.78, 5) is 29.9. The fourth-order valence-electron chi connectivity index (χ4n) is 3.19. The molecule has 3 rings (SSSR count). The van der Waals surface area contributed by atoms with Crippen LogP contribution in [0, 0.1) is 0 Å². The second-order valence-corrected chi connectivity index (χ2v) is 9.68. The van der Waals surface area contributed by atoms with E-state index in [2.05, 4.69) is 21.0 Å². The van der Waals surface area contributed by atoms with Gasteiger partial charge in [0.1, 0.15) is 5.82 Å². The Morgan fingerprint density at radius 1 is 1.26 bits per heavy atom. The van der Waals surface area contributed by atoms with Gasteiger partial charge in [-0.15, -0.1) is 0 Å². The van der Waals surface area contributed by atoms with Gasteiger partial charge in [0, 0.05) is 26.5 Å². The number of hydrogen-bond donors (Lipinski definition) is 0. The summed E-state index contributed by atoms with van der Waals surface area (Å²) >= 11 is 9.65. The number of ether oxygens (including phenoxy) is 3. The lowest BCUT2D eigenvalue weighted by atomic mass is 9.95. The van der Waals surface area contributed by atoms with Crippen molar-refractivity contribution in [2.24, 2.45) is 5.10 Å². The predicted octanol–water partition coefficient (Wildman–Crippen LogP) is 4.94. The minimum absolute atomic E-state index is 0.234. The van der Waals surface area contributed by atoms with Crippen LogP contribution in [0.25, 0.3) is 10.9 Å². The fraction of sp³-hybridized carbons (Fsp3) is 0.333. The number of halogens is 2. The smallest absolute Gasteiger partial charge is 0.344 e. The number of carbonyl (C=O) groups excluding carboxylic acids is 1. The van der Waals surface area contributed by atoms with E-state index in [1.165, 1.54) is 18.0 Å². The highest BCUT2D eigenvalue weighted by Gasteiger charge is 2.23. The molecule has 0 aliphatic heterocycles. The summed E-state index contributed by atoms with van der Waals surface area (Å²) in [7, 11) is 1.46. The average Bonchev–Trinajstić information content (AvgIpc) is 2.77. The van der Waals surface area contributed by atoms with E-state index in [9.17, 15) is 9.59 Å². The Morgan fingerprint density at radius 2 is 2.00 bits per heavy atom. The SMILES string of the molecule is CCOC(=O)COc1c(C=Nn2c(C(C)(C)C)nc3ccc(Br)cc3c2=O)cc(Cl)cc1OC. The Hall–Kier alpha value is -2.91. The van der Waals surface area contributed by atoms with Gasteiger partial charge in [0.05, 0.1) is 30.8 Å². The molecule has 0 saturated carbocycles. The normalized spacial score (nSPS) is 11.7. The zero-order valence-corrected chi connectivity index (χ0v) is 21.9. The van der Waals surface area contributed by atoms with Crippen LogP contribution in [-0.2, 0) is 14.9 Å². The van der Waals surface area contributed by atoms with Gasteiger partial charge in [-0.05, 0) is 31.2 Å². The summed E-state index contributed by atoms with van der Waals surface area (Å²) in [5.74, 6) is 0.497. The molecule has 0 fully saturated rings. The minimum atomic E-state index is -0.530. The van der Waals surface area contributed by atoms with Gasteiger partial charge in [-0.25, -0.2) is 9.78 Å². The number of nitrogens with zero attached hydrogens (tertiary/aromatic N) is 3. The van der Waals surface area contributed by atoms with Gasteiger partial charge in [0.15, 0.2) is 18.1 Å². The number of aromatic nitrogens is 2. The third-order valence-corrected chi connectivity index (χ3v) is 5.41. The standard InChI is InChI=1S/C24H25BrClN3O5/c1-6-33-20(30)13-34-21-14(9-16(26)11-19(21)32-5)12-27-29-22(31)17-10-15(25)7-8-18(17)28-23(29)24(2,3)4/h7-12H,6,13H2,1-5H3. The van der Waals surface area contributed by atoms with Gasteiger partial charge in [-0.2, -0.15) is 9.78 Å². The van der Waals surface area contributed by atoms with Crippen LogP contribution in [0.5, 0.6) is 11.5 Å². The number of carbonyl (C=O) groups is 1. The highest BCUT2D eigenvalue weighted by molar-refractivity contribution is 9.10. The van der Waals surface area contributed by atoms with Gasteiger partial charge in [0.25, 0.3) is 5.56 Å². The molecule has 0 aliphatic carbocycles. The van der Waals surface area contributed by atoms with E-state index in [1.807, 2.05) is 26.8 Å². The quantitative estimate of drug-likeness (QED) is 0.306. The van der Waals surface area contributed by atoms with Gasteiger partial charge >= 0.3 is 5.97 Å². The molecule has 1 heterocycles. The van der Waals surface area contributed by atoms with Crippen LogP contribution in [0.2, 0.25) is 5.02 Å². The van der Waals surface area contributed by atoms with Gasteiger partial charge in [0.2, 0.25) is 0 Å². The first-order valence-electron chi connectivity index (χ1n) is 10.5.